The van der Waals surface area contributed by atoms with Crippen LogP contribution in [0.4, 0.5) is 0 Å². The number of thiol groups is 6. The highest BCUT2D eigenvalue weighted by Crippen LogP contribution is 2.32. The molecule has 0 aromatic heterocycles. The Labute approximate surface area is 905 Å². The lowest BCUT2D eigenvalue weighted by molar-refractivity contribution is -0.138. The van der Waals surface area contributed by atoms with Crippen LogP contribution in [-0.4, -0.2) is 325 Å². The van der Waals surface area contributed by atoms with Gasteiger partial charge in [-0.2, -0.15) is 75.8 Å². The predicted molar refractivity (Wildman–Crippen MR) is 578 cm³/mol. The zero-order valence-corrected chi connectivity index (χ0v) is 90.0. The van der Waals surface area contributed by atoms with E-state index in [0.717, 1.165) is 103 Å². The van der Waals surface area contributed by atoms with Gasteiger partial charge in [-0.15, -0.1) is 0 Å². The second-order valence-corrected chi connectivity index (χ2v) is 40.0. The third kappa shape index (κ3) is 52.5. The minimum atomic E-state index is -1.69. The normalized spacial score (nSPS) is 16.9. The molecule has 0 aromatic carbocycles. The van der Waals surface area contributed by atoms with E-state index >= 15 is 0 Å². The molecule has 0 heterocycles. The van der Waals surface area contributed by atoms with E-state index in [1.54, 1.807) is 0 Å². The highest BCUT2D eigenvalue weighted by molar-refractivity contribution is 7.81. The van der Waals surface area contributed by atoms with Crippen LogP contribution in [0.25, 0.3) is 0 Å². The van der Waals surface area contributed by atoms with Crippen molar-refractivity contribution in [1.82, 2.24) is 117 Å². The van der Waals surface area contributed by atoms with Gasteiger partial charge in [0.05, 0.1) is 26.2 Å². The van der Waals surface area contributed by atoms with E-state index in [2.05, 4.69) is 193 Å². The van der Waals surface area contributed by atoms with Gasteiger partial charge in [-0.1, -0.05) is 128 Å². The lowest BCUT2D eigenvalue weighted by Gasteiger charge is -2.30. The molecule has 4 aliphatic carbocycles. The molecule has 0 radical (unpaired) electrons. The number of carbonyl (C=O) groups excluding carboxylic acids is 19. The van der Waals surface area contributed by atoms with Crippen LogP contribution >= 0.6 is 75.8 Å². The molecule has 53 nitrogen and oxygen atoms in total. The number of amides is 19. The summed E-state index contributed by atoms with van der Waals surface area (Å²) in [6, 6.07) is -20.9. The smallest absolute Gasteiger partial charge is 0.303 e. The molecule has 59 heteroatoms. The van der Waals surface area contributed by atoms with Gasteiger partial charge in [0.25, 0.3) is 0 Å². The molecule has 4 aliphatic rings. The number of hydrogen-bond acceptors (Lipinski definition) is 31. The van der Waals surface area contributed by atoms with Crippen molar-refractivity contribution >= 4 is 218 Å². The van der Waals surface area contributed by atoms with E-state index in [1.807, 2.05) is 0 Å². The summed E-state index contributed by atoms with van der Waals surface area (Å²) in [5.41, 5.74) is 33.0. The number of nitrogens with one attached hydrogen (secondary N) is 26. The van der Waals surface area contributed by atoms with Crippen LogP contribution in [0, 0.1) is 45.3 Å². The summed E-state index contributed by atoms with van der Waals surface area (Å²) in [5.74, 6) is -22.0. The van der Waals surface area contributed by atoms with Gasteiger partial charge in [-0.05, 0) is 107 Å². The van der Waals surface area contributed by atoms with Gasteiger partial charge >= 0.3 is 5.97 Å². The van der Waals surface area contributed by atoms with Crippen molar-refractivity contribution in [2.75, 3.05) is 86.9 Å². The highest BCUT2D eigenvalue weighted by Gasteiger charge is 2.40. The Morgan fingerprint density at radius 3 is 0.653 bits per heavy atom. The minimum Gasteiger partial charge on any atom is -0.481 e. The van der Waals surface area contributed by atoms with Gasteiger partial charge in [0.1, 0.15) is 90.6 Å². The summed E-state index contributed by atoms with van der Waals surface area (Å²) in [5, 5.41) is 95.9. The molecule has 0 unspecified atom stereocenters. The molecule has 0 spiro atoms. The summed E-state index contributed by atoms with van der Waals surface area (Å²) < 4.78 is 0. The van der Waals surface area contributed by atoms with Gasteiger partial charge < -0.3 is 156 Å². The van der Waals surface area contributed by atoms with E-state index in [1.165, 1.54) is 0 Å². The SMILES string of the molecule is N=C(N)NCCC[C@H](NC(=O)CN)C(=O)N[C@@H](CCCNC(=N)N)C(=O)NCC(=O)N[C@@H](CCC(=O)O)C(=O)NCC(=O)N[C@@H](CCCNC(=N)N)C(=O)N[C@@H](CCCNC(=N)N)C(=O)NCC(=O)N[C@@H](CC1CCCCC1)C(=O)N[C@@H](CS)C(=O)N[C@@H](CS)C(=O)N[C@@H](CC1CCCCC1)C(=O)N[C@@H](CS)C(=O)N[C@@H](CS)C(=O)N[C@@H](CC1CCCCC1)C(=O)N[C@@H](CS)C(=O)N[C@@H](CS)C(=O)N[C@@H](CC1CCCCC1)C(N)=O. The summed E-state index contributed by atoms with van der Waals surface area (Å²) in [4.78, 5) is 277. The number of nitrogens with two attached hydrogens (primary N) is 6. The molecule has 39 N–H and O–H groups in total. The molecule has 846 valence electrons. The average Bonchev–Trinajstić information content (AvgIpc) is 0.847. The molecule has 0 saturated heterocycles. The molecule has 15 atom stereocenters. The fourth-order valence-corrected chi connectivity index (χ4v) is 19.3. The van der Waals surface area contributed by atoms with Crippen molar-refractivity contribution in [2.24, 2.45) is 58.1 Å². The summed E-state index contributed by atoms with van der Waals surface area (Å²) in [6.45, 7) is -3.00. The summed E-state index contributed by atoms with van der Waals surface area (Å²) >= 11 is 26.2. The van der Waals surface area contributed by atoms with Crippen molar-refractivity contribution in [1.29, 1.82) is 21.6 Å². The predicted octanol–water partition coefficient (Wildman–Crippen LogP) is -7.57. The van der Waals surface area contributed by atoms with Crippen molar-refractivity contribution < 1.29 is 101 Å². The first-order chi connectivity index (χ1) is 71.4. The number of aliphatic carboxylic acids is 1. The van der Waals surface area contributed by atoms with Crippen LogP contribution in [-0.2, 0) is 95.9 Å². The van der Waals surface area contributed by atoms with Gasteiger partial charge in [-0.3, -0.25) is 118 Å². The van der Waals surface area contributed by atoms with E-state index in [-0.39, 0.29) is 161 Å². The van der Waals surface area contributed by atoms with Crippen LogP contribution < -0.4 is 151 Å². The van der Waals surface area contributed by atoms with Crippen LogP contribution in [0.5, 0.6) is 0 Å². The van der Waals surface area contributed by atoms with E-state index in [4.69, 9.17) is 56.0 Å². The van der Waals surface area contributed by atoms with Crippen molar-refractivity contribution in [3.63, 3.8) is 0 Å². The van der Waals surface area contributed by atoms with Crippen LogP contribution in [0.1, 0.15) is 218 Å². The molecule has 4 saturated carbocycles. The number of carboxylic acid groups (broad SMARTS) is 1. The topological polar surface area (TPSA) is 878 Å². The third-order valence-electron chi connectivity index (χ3n) is 25.9. The fourth-order valence-electron chi connectivity index (χ4n) is 17.7. The van der Waals surface area contributed by atoms with Gasteiger partial charge in [0.2, 0.25) is 112 Å². The first-order valence-corrected chi connectivity index (χ1v) is 54.8. The molecular weight excluding hydrogens is 2070 g/mol. The second-order valence-electron chi connectivity index (χ2n) is 37.8. The molecule has 0 bridgehead atoms. The molecule has 0 aromatic rings. The Kier molecular flexibility index (Phi) is 63.6. The van der Waals surface area contributed by atoms with Crippen LogP contribution in [0.3, 0.4) is 0 Å². The Hall–Kier alpha value is -11.5. The minimum absolute atomic E-state index is 0.0172. The van der Waals surface area contributed by atoms with Crippen LogP contribution in [0.2, 0.25) is 0 Å². The van der Waals surface area contributed by atoms with Crippen molar-refractivity contribution in [3.05, 3.63) is 0 Å². The quantitative estimate of drug-likeness (QED) is 0.0116. The van der Waals surface area contributed by atoms with E-state index < -0.39 is 266 Å². The number of rotatable bonds is 70. The third-order valence-corrected chi connectivity index (χ3v) is 28.1. The summed E-state index contributed by atoms with van der Waals surface area (Å²) in [6.07, 6.45) is 15.7. The zero-order valence-electron chi connectivity index (χ0n) is 84.7. The van der Waals surface area contributed by atoms with Crippen molar-refractivity contribution in [2.45, 2.75) is 309 Å². The fraction of sp³-hybridized carbons (Fsp3) is 0.736. The standard InChI is InChI=1S/C91H160N32O21S6/c92-39-68(124)109-55(27-15-33-104-90(98)99)77(134)113-53(25-13-31-102-88(94)95)74(131)106-41-70(126)111-57(29-30-72(128)129)76(133)108-40-69(125)110-56(28-16-34-105-91(100)101)78(135)114-54(26-14-32-103-89(96)97)75(132)107-42-71(127)112-59(36-50-19-7-2-8-20-50)79(136)118-65(46-148)85(142)122-63(44-146)83(140)116-61(38-52-23-11-4-12-24-52)81(138)120-67(48-150)87(144)123-64(45-147)84(141)117-60(37-51-21-9-3-10-22-51)80(137)119-66(47-149)86(143)121-62(43-145)82(139)115-58(73(93)130)35-49-17-5-1-6-18-49/h49-67,145-150H,1-48,92H2,(H2,93,130)(H,106,131)(H,107,132)(H,108,133)(H,109,124)(H,110,125)(H,111,126)(H,112,127)(H,113,134)(H,114,135)(H,115,139)(H,116,140)(H,117,141)(H,118,136)(H,119,137)(H,120,138)(H,121,143)(H,122,142)(H,123,144)(H,128,129)(H4,94,95,102)(H4,96,97,103)(H4,98,99,104)(H4,100,101,105)/t53-,54-,55-,56-,57-,58-,59-,60-,61-,62-,63-,64-,65-,66-,67-/m0/s1. The maximum atomic E-state index is 14.7. The highest BCUT2D eigenvalue weighted by atomic mass is 32.1. The number of hydrogen-bond donors (Lipinski definition) is 39. The average molecular weight is 2230 g/mol. The largest absolute Gasteiger partial charge is 0.481 e. The Morgan fingerprint density at radius 2 is 0.427 bits per heavy atom. The van der Waals surface area contributed by atoms with E-state index in [0.29, 0.717) is 32.1 Å². The Morgan fingerprint density at radius 1 is 0.240 bits per heavy atom. The Bertz CT molecular complexity index is 4480. The van der Waals surface area contributed by atoms with Gasteiger partial charge in [-0.25, -0.2) is 0 Å². The van der Waals surface area contributed by atoms with Crippen LogP contribution in [0.15, 0.2) is 0 Å². The molecule has 4 rings (SSSR count). The molecule has 150 heavy (non-hydrogen) atoms. The summed E-state index contributed by atoms with van der Waals surface area (Å²) in [7, 11) is 0. The number of carboxylic acids is 1. The van der Waals surface area contributed by atoms with Crippen molar-refractivity contribution in [3.8, 4) is 0 Å². The van der Waals surface area contributed by atoms with Gasteiger partial charge in [0, 0.05) is 67.1 Å². The Balaban J connectivity index is 1.48. The zero-order chi connectivity index (χ0) is 111. The van der Waals surface area contributed by atoms with E-state index in [9.17, 15) is 101 Å². The molecule has 19 amide bonds. The molecular formula is C91H160N32O21S6. The number of carbonyl (C=O) groups is 20. The first-order valence-electron chi connectivity index (χ1n) is 51.0. The second kappa shape index (κ2) is 72.9. The number of primary amides is 1. The molecule has 0 aliphatic heterocycles. The maximum Gasteiger partial charge on any atom is 0.303 e. The molecule has 4 fully saturated rings. The first kappa shape index (κ1) is 131. The van der Waals surface area contributed by atoms with Gasteiger partial charge in [0.15, 0.2) is 23.8 Å². The lowest BCUT2D eigenvalue weighted by atomic mass is 9.84. The number of guanidine groups is 4. The monoisotopic (exact) mass is 2230 g/mol. The maximum absolute atomic E-state index is 14.7. The lowest BCUT2D eigenvalue weighted by Crippen LogP contribution is -2.62.